The van der Waals surface area contributed by atoms with Gasteiger partial charge in [-0.25, -0.2) is 4.98 Å². The zero-order valence-electron chi connectivity index (χ0n) is 33.6. The Labute approximate surface area is 358 Å². The highest BCUT2D eigenvalue weighted by Crippen LogP contribution is 2.41. The minimum atomic E-state index is 0.567. The number of hydrogen-bond donors (Lipinski definition) is 0. The summed E-state index contributed by atoms with van der Waals surface area (Å²) in [5.74, 6) is 1.79. The lowest BCUT2D eigenvalue weighted by atomic mass is 9.98. The first-order valence-corrected chi connectivity index (χ1v) is 20.9. The summed E-state index contributed by atoms with van der Waals surface area (Å²) in [6, 6.07) is 79.3. The van der Waals surface area contributed by atoms with E-state index < -0.39 is 0 Å². The van der Waals surface area contributed by atoms with Crippen molar-refractivity contribution >= 4 is 43.6 Å². The molecule has 3 heterocycles. The van der Waals surface area contributed by atoms with Crippen LogP contribution in [0.15, 0.2) is 224 Å². The molecule has 9 aromatic carbocycles. The van der Waals surface area contributed by atoms with Crippen LogP contribution >= 0.6 is 0 Å². The molecule has 0 spiro atoms. The molecule has 5 heteroatoms. The molecule has 0 aliphatic rings. The maximum atomic E-state index is 5.30. The molecule has 0 saturated carbocycles. The normalized spacial score (nSPS) is 11.5. The lowest BCUT2D eigenvalue weighted by Gasteiger charge is -2.14. The van der Waals surface area contributed by atoms with E-state index in [1.807, 2.05) is 18.2 Å². The van der Waals surface area contributed by atoms with Gasteiger partial charge in [-0.05, 0) is 64.2 Å². The number of para-hydroxylation sites is 3. The Morgan fingerprint density at radius 1 is 0.258 bits per heavy atom. The number of benzene rings is 9. The number of aromatic nitrogens is 5. The third-order valence-corrected chi connectivity index (χ3v) is 12.0. The Hall–Kier alpha value is -8.41. The molecule has 0 unspecified atom stereocenters. The molecule has 12 rings (SSSR count). The second-order valence-electron chi connectivity index (χ2n) is 15.6. The molecule has 290 valence electrons. The molecular weight excluding hydrogens is 755 g/mol. The van der Waals surface area contributed by atoms with E-state index in [2.05, 4.69) is 215 Å². The Kier molecular flexibility index (Phi) is 8.42. The summed E-state index contributed by atoms with van der Waals surface area (Å²) in [5.41, 5.74) is 14.3. The molecule has 12 aromatic rings. The van der Waals surface area contributed by atoms with Gasteiger partial charge >= 0.3 is 0 Å². The van der Waals surface area contributed by atoms with Crippen molar-refractivity contribution in [1.29, 1.82) is 0 Å². The van der Waals surface area contributed by atoms with Crippen molar-refractivity contribution in [3.05, 3.63) is 224 Å². The monoisotopic (exact) mass is 791 g/mol. The van der Waals surface area contributed by atoms with Gasteiger partial charge in [0.1, 0.15) is 0 Å². The zero-order valence-corrected chi connectivity index (χ0v) is 33.6. The van der Waals surface area contributed by atoms with E-state index in [1.165, 1.54) is 27.6 Å². The van der Waals surface area contributed by atoms with E-state index in [-0.39, 0.29) is 0 Å². The summed E-state index contributed by atoms with van der Waals surface area (Å²) in [6.07, 6.45) is 0. The molecule has 0 fully saturated rings. The Morgan fingerprint density at radius 2 is 0.694 bits per heavy atom. The largest absolute Gasteiger partial charge is 0.309 e. The van der Waals surface area contributed by atoms with Crippen LogP contribution in [0.4, 0.5) is 0 Å². The van der Waals surface area contributed by atoms with E-state index >= 15 is 0 Å². The molecular formula is C57H37N5. The van der Waals surface area contributed by atoms with Gasteiger partial charge in [-0.2, -0.15) is 9.97 Å². The molecule has 0 radical (unpaired) electrons. The fraction of sp³-hybridized carbons (Fsp3) is 0. The second kappa shape index (κ2) is 14.7. The van der Waals surface area contributed by atoms with E-state index in [1.54, 1.807) is 0 Å². The molecule has 0 saturated heterocycles. The standard InChI is InChI=1S/C57H37N5/c1-4-17-38(18-5-1)43-23-16-24-44(35-43)39-31-33-42(34-32-39)56-58-55(41-21-8-3-9-22-41)59-57(60-56)62-52-30-15-12-27-47(52)49-36-53-48(37-54(49)62)46-26-11-14-29-51(46)61(53)50-28-13-10-25-45(50)40-19-6-2-7-20-40/h1-37H. The predicted octanol–water partition coefficient (Wildman–Crippen LogP) is 14.4. The highest BCUT2D eigenvalue weighted by molar-refractivity contribution is 6.19. The number of hydrogen-bond acceptors (Lipinski definition) is 3. The lowest BCUT2D eigenvalue weighted by Crippen LogP contribution is -2.06. The minimum absolute atomic E-state index is 0.567. The van der Waals surface area contributed by atoms with Crippen molar-refractivity contribution in [2.75, 3.05) is 0 Å². The first kappa shape index (κ1) is 35.5. The van der Waals surface area contributed by atoms with Gasteiger partial charge in [0.05, 0.1) is 27.8 Å². The third kappa shape index (κ3) is 5.98. The molecule has 0 bridgehead atoms. The van der Waals surface area contributed by atoms with Gasteiger partial charge in [-0.1, -0.05) is 188 Å². The van der Waals surface area contributed by atoms with Gasteiger partial charge in [-0.3, -0.25) is 4.57 Å². The van der Waals surface area contributed by atoms with Crippen LogP contribution in [0.2, 0.25) is 0 Å². The molecule has 0 N–H and O–H groups in total. The maximum absolute atomic E-state index is 5.30. The Balaban J connectivity index is 1.06. The maximum Gasteiger partial charge on any atom is 0.238 e. The van der Waals surface area contributed by atoms with E-state index in [0.29, 0.717) is 17.6 Å². The Morgan fingerprint density at radius 3 is 1.32 bits per heavy atom. The lowest BCUT2D eigenvalue weighted by molar-refractivity contribution is 0.954. The molecule has 0 aliphatic heterocycles. The van der Waals surface area contributed by atoms with Gasteiger partial charge in [0.2, 0.25) is 5.95 Å². The fourth-order valence-corrected chi connectivity index (χ4v) is 9.07. The SMILES string of the molecule is c1ccc(-c2cccc(-c3ccc(-c4nc(-c5ccccc5)nc(-n5c6ccccc6c6cc7c(cc65)c5ccccc5n7-c5ccccc5-c5ccccc5)n4)cc3)c2)cc1. The highest BCUT2D eigenvalue weighted by atomic mass is 15.2. The molecule has 62 heavy (non-hydrogen) atoms. The van der Waals surface area contributed by atoms with Crippen LogP contribution in [0.25, 0.3) is 111 Å². The molecule has 3 aromatic heterocycles. The first-order valence-electron chi connectivity index (χ1n) is 20.9. The van der Waals surface area contributed by atoms with Crippen LogP contribution < -0.4 is 0 Å². The van der Waals surface area contributed by atoms with Crippen LogP contribution in [-0.2, 0) is 0 Å². The van der Waals surface area contributed by atoms with Crippen LogP contribution in [0.5, 0.6) is 0 Å². The average molecular weight is 792 g/mol. The molecule has 0 amide bonds. The molecule has 5 nitrogen and oxygen atoms in total. The zero-order chi connectivity index (χ0) is 41.0. The van der Waals surface area contributed by atoms with Gasteiger partial charge < -0.3 is 4.57 Å². The van der Waals surface area contributed by atoms with Crippen molar-refractivity contribution < 1.29 is 0 Å². The minimum Gasteiger partial charge on any atom is -0.309 e. The third-order valence-electron chi connectivity index (χ3n) is 12.0. The van der Waals surface area contributed by atoms with Gasteiger partial charge in [0.25, 0.3) is 0 Å². The highest BCUT2D eigenvalue weighted by Gasteiger charge is 2.22. The van der Waals surface area contributed by atoms with E-state index in [0.717, 1.165) is 66.2 Å². The summed E-state index contributed by atoms with van der Waals surface area (Å²) >= 11 is 0. The van der Waals surface area contributed by atoms with Crippen LogP contribution in [0.3, 0.4) is 0 Å². The van der Waals surface area contributed by atoms with E-state index in [9.17, 15) is 0 Å². The Bertz CT molecular complexity index is 3610. The summed E-state index contributed by atoms with van der Waals surface area (Å²) < 4.78 is 4.64. The predicted molar refractivity (Wildman–Crippen MR) is 256 cm³/mol. The summed E-state index contributed by atoms with van der Waals surface area (Å²) in [4.78, 5) is 15.7. The molecule has 0 atom stereocenters. The summed E-state index contributed by atoms with van der Waals surface area (Å²) in [6.45, 7) is 0. The second-order valence-corrected chi connectivity index (χ2v) is 15.6. The van der Waals surface area contributed by atoms with Crippen molar-refractivity contribution in [3.8, 4) is 67.8 Å². The molecule has 0 aliphatic carbocycles. The number of rotatable bonds is 7. The van der Waals surface area contributed by atoms with Gasteiger partial charge in [-0.15, -0.1) is 0 Å². The summed E-state index contributed by atoms with van der Waals surface area (Å²) in [7, 11) is 0. The van der Waals surface area contributed by atoms with Gasteiger partial charge in [0, 0.05) is 38.2 Å². The first-order chi connectivity index (χ1) is 30.7. The van der Waals surface area contributed by atoms with Crippen LogP contribution in [0.1, 0.15) is 0 Å². The quantitative estimate of drug-likeness (QED) is 0.162. The van der Waals surface area contributed by atoms with Crippen LogP contribution in [0, 0.1) is 0 Å². The fourth-order valence-electron chi connectivity index (χ4n) is 9.07. The van der Waals surface area contributed by atoms with E-state index in [4.69, 9.17) is 15.0 Å². The smallest absolute Gasteiger partial charge is 0.238 e. The average Bonchev–Trinajstić information content (AvgIpc) is 3.86. The van der Waals surface area contributed by atoms with Crippen molar-refractivity contribution in [3.63, 3.8) is 0 Å². The van der Waals surface area contributed by atoms with Gasteiger partial charge in [0.15, 0.2) is 11.6 Å². The topological polar surface area (TPSA) is 48.5 Å². The van der Waals surface area contributed by atoms with Crippen molar-refractivity contribution in [1.82, 2.24) is 24.1 Å². The van der Waals surface area contributed by atoms with Crippen LogP contribution in [-0.4, -0.2) is 24.1 Å². The number of fused-ring (bicyclic) bond motifs is 6. The summed E-state index contributed by atoms with van der Waals surface area (Å²) in [5, 5.41) is 4.59. The van der Waals surface area contributed by atoms with Crippen molar-refractivity contribution in [2.45, 2.75) is 0 Å². The van der Waals surface area contributed by atoms with Crippen molar-refractivity contribution in [2.24, 2.45) is 0 Å². The number of nitrogens with zero attached hydrogens (tertiary/aromatic N) is 5.